The molecule has 0 bridgehead atoms. The predicted octanol–water partition coefficient (Wildman–Crippen LogP) is 3.49. The second kappa shape index (κ2) is 5.12. The SMILES string of the molecule is N#Cc1cccc(C2Cc3nc(-c4ccccn4)oc3C2)c1. The van der Waals surface area contributed by atoms with Gasteiger partial charge in [-0.3, -0.25) is 4.98 Å². The van der Waals surface area contributed by atoms with Crippen LogP contribution in [0.4, 0.5) is 0 Å². The molecule has 0 saturated carbocycles. The van der Waals surface area contributed by atoms with Crippen molar-refractivity contribution in [1.82, 2.24) is 9.97 Å². The van der Waals surface area contributed by atoms with Gasteiger partial charge in [0.2, 0.25) is 5.89 Å². The van der Waals surface area contributed by atoms with Crippen molar-refractivity contribution < 1.29 is 4.42 Å². The fraction of sp³-hybridized carbons (Fsp3) is 0.167. The number of nitriles is 1. The number of hydrogen-bond acceptors (Lipinski definition) is 4. The number of nitrogens with zero attached hydrogens (tertiary/aromatic N) is 3. The quantitative estimate of drug-likeness (QED) is 0.723. The van der Waals surface area contributed by atoms with E-state index in [1.54, 1.807) is 6.20 Å². The number of hydrogen-bond donors (Lipinski definition) is 0. The third-order valence-electron chi connectivity index (χ3n) is 4.02. The summed E-state index contributed by atoms with van der Waals surface area (Å²) in [6.07, 6.45) is 3.41. The number of pyridine rings is 1. The van der Waals surface area contributed by atoms with Crippen molar-refractivity contribution in [2.75, 3.05) is 0 Å². The fourth-order valence-electron chi connectivity index (χ4n) is 2.93. The Balaban J connectivity index is 1.60. The van der Waals surface area contributed by atoms with Crippen LogP contribution in [0.2, 0.25) is 0 Å². The van der Waals surface area contributed by atoms with E-state index < -0.39 is 0 Å². The van der Waals surface area contributed by atoms with Gasteiger partial charge in [-0.05, 0) is 35.7 Å². The summed E-state index contributed by atoms with van der Waals surface area (Å²) in [7, 11) is 0. The van der Waals surface area contributed by atoms with Crippen molar-refractivity contribution >= 4 is 0 Å². The van der Waals surface area contributed by atoms with Crippen LogP contribution in [0.15, 0.2) is 53.1 Å². The van der Waals surface area contributed by atoms with E-state index in [0.29, 0.717) is 17.4 Å². The summed E-state index contributed by atoms with van der Waals surface area (Å²) in [5.41, 5.74) is 3.64. The minimum absolute atomic E-state index is 0.340. The molecule has 1 unspecified atom stereocenters. The summed E-state index contributed by atoms with van der Waals surface area (Å²) in [4.78, 5) is 8.85. The van der Waals surface area contributed by atoms with Crippen LogP contribution in [-0.2, 0) is 12.8 Å². The molecule has 0 N–H and O–H groups in total. The zero-order valence-electron chi connectivity index (χ0n) is 11.9. The Kier molecular flexibility index (Phi) is 2.97. The highest BCUT2D eigenvalue weighted by Gasteiger charge is 2.29. The maximum absolute atomic E-state index is 9.01. The number of rotatable bonds is 2. The molecule has 22 heavy (non-hydrogen) atoms. The van der Waals surface area contributed by atoms with Gasteiger partial charge in [0.15, 0.2) is 0 Å². The van der Waals surface area contributed by atoms with Gasteiger partial charge in [0.25, 0.3) is 0 Å². The van der Waals surface area contributed by atoms with Crippen LogP contribution in [0.5, 0.6) is 0 Å². The molecule has 2 heterocycles. The lowest BCUT2D eigenvalue weighted by atomic mass is 9.95. The maximum Gasteiger partial charge on any atom is 0.245 e. The lowest BCUT2D eigenvalue weighted by Crippen LogP contribution is -1.99. The van der Waals surface area contributed by atoms with Gasteiger partial charge in [-0.25, -0.2) is 4.98 Å². The summed E-state index contributed by atoms with van der Waals surface area (Å²) in [5.74, 6) is 1.87. The molecular formula is C18H13N3O. The van der Waals surface area contributed by atoms with Crippen molar-refractivity contribution in [3.8, 4) is 17.7 Å². The fourth-order valence-corrected chi connectivity index (χ4v) is 2.93. The Hall–Kier alpha value is -2.93. The smallest absolute Gasteiger partial charge is 0.245 e. The maximum atomic E-state index is 9.01. The lowest BCUT2D eigenvalue weighted by molar-refractivity contribution is 0.509. The van der Waals surface area contributed by atoms with Crippen molar-refractivity contribution in [1.29, 1.82) is 5.26 Å². The topological polar surface area (TPSA) is 62.7 Å². The van der Waals surface area contributed by atoms with Crippen LogP contribution in [0.3, 0.4) is 0 Å². The molecular weight excluding hydrogens is 274 g/mol. The van der Waals surface area contributed by atoms with E-state index in [1.165, 1.54) is 5.56 Å². The molecule has 1 aliphatic carbocycles. The van der Waals surface area contributed by atoms with E-state index in [9.17, 15) is 0 Å². The largest absolute Gasteiger partial charge is 0.440 e. The van der Waals surface area contributed by atoms with Crippen LogP contribution in [-0.4, -0.2) is 9.97 Å². The summed E-state index contributed by atoms with van der Waals surface area (Å²) >= 11 is 0. The summed E-state index contributed by atoms with van der Waals surface area (Å²) < 4.78 is 5.88. The first-order chi connectivity index (χ1) is 10.8. The highest BCUT2D eigenvalue weighted by molar-refractivity contribution is 5.48. The first-order valence-corrected chi connectivity index (χ1v) is 7.23. The van der Waals surface area contributed by atoms with Gasteiger partial charge >= 0.3 is 0 Å². The lowest BCUT2D eigenvalue weighted by Gasteiger charge is -2.09. The number of fused-ring (bicyclic) bond motifs is 1. The second-order valence-corrected chi connectivity index (χ2v) is 5.45. The minimum atomic E-state index is 0.340. The van der Waals surface area contributed by atoms with E-state index in [2.05, 4.69) is 22.1 Å². The zero-order chi connectivity index (χ0) is 14.9. The molecule has 1 aliphatic rings. The van der Waals surface area contributed by atoms with E-state index in [0.717, 1.165) is 30.0 Å². The third kappa shape index (κ3) is 2.17. The van der Waals surface area contributed by atoms with E-state index in [4.69, 9.17) is 9.68 Å². The van der Waals surface area contributed by atoms with Crippen molar-refractivity contribution in [2.45, 2.75) is 18.8 Å². The average Bonchev–Trinajstić information content (AvgIpc) is 3.14. The van der Waals surface area contributed by atoms with Crippen LogP contribution >= 0.6 is 0 Å². The summed E-state index contributed by atoms with van der Waals surface area (Å²) in [5, 5.41) is 9.01. The van der Waals surface area contributed by atoms with Gasteiger partial charge in [-0.2, -0.15) is 5.26 Å². The number of oxazole rings is 1. The van der Waals surface area contributed by atoms with Gasteiger partial charge in [0.1, 0.15) is 11.5 Å². The van der Waals surface area contributed by atoms with Crippen molar-refractivity contribution in [3.63, 3.8) is 0 Å². The third-order valence-corrected chi connectivity index (χ3v) is 4.02. The van der Waals surface area contributed by atoms with Gasteiger partial charge in [0.05, 0.1) is 17.3 Å². The van der Waals surface area contributed by atoms with E-state index in [1.807, 2.05) is 36.4 Å². The van der Waals surface area contributed by atoms with Gasteiger partial charge < -0.3 is 4.42 Å². The molecule has 0 amide bonds. The first-order valence-electron chi connectivity index (χ1n) is 7.23. The molecule has 1 atom stereocenters. The molecule has 2 aromatic heterocycles. The Bertz CT molecular complexity index is 838. The van der Waals surface area contributed by atoms with Crippen LogP contribution in [0.25, 0.3) is 11.6 Å². The van der Waals surface area contributed by atoms with Gasteiger partial charge in [-0.1, -0.05) is 18.2 Å². The molecule has 3 aromatic rings. The molecule has 4 rings (SSSR count). The molecule has 0 saturated heterocycles. The molecule has 0 fully saturated rings. The molecule has 0 radical (unpaired) electrons. The molecule has 4 heteroatoms. The second-order valence-electron chi connectivity index (χ2n) is 5.45. The van der Waals surface area contributed by atoms with Gasteiger partial charge in [0, 0.05) is 19.0 Å². The Morgan fingerprint density at radius 1 is 1.14 bits per heavy atom. The van der Waals surface area contributed by atoms with E-state index >= 15 is 0 Å². The van der Waals surface area contributed by atoms with E-state index in [-0.39, 0.29) is 0 Å². The highest BCUT2D eigenvalue weighted by atomic mass is 16.4. The molecule has 106 valence electrons. The number of benzene rings is 1. The molecule has 1 aromatic carbocycles. The zero-order valence-corrected chi connectivity index (χ0v) is 11.9. The Labute approximate surface area is 128 Å². The minimum Gasteiger partial charge on any atom is -0.440 e. The monoisotopic (exact) mass is 287 g/mol. The van der Waals surface area contributed by atoms with Crippen LogP contribution < -0.4 is 0 Å². The average molecular weight is 287 g/mol. The number of aromatic nitrogens is 2. The summed E-state index contributed by atoms with van der Waals surface area (Å²) in [6.45, 7) is 0. The Morgan fingerprint density at radius 3 is 2.86 bits per heavy atom. The van der Waals surface area contributed by atoms with Crippen LogP contribution in [0, 0.1) is 11.3 Å². The highest BCUT2D eigenvalue weighted by Crippen LogP contribution is 2.36. The first kappa shape index (κ1) is 12.8. The molecule has 0 aliphatic heterocycles. The standard InChI is InChI=1S/C18H13N3O/c19-11-12-4-3-5-13(8-12)14-9-16-17(10-14)22-18(21-16)15-6-1-2-7-20-15/h1-8,14H,9-10H2. The molecule has 0 spiro atoms. The van der Waals surface area contributed by atoms with Crippen molar-refractivity contribution in [2.24, 2.45) is 0 Å². The van der Waals surface area contributed by atoms with Crippen LogP contribution in [0.1, 0.15) is 28.5 Å². The van der Waals surface area contributed by atoms with Gasteiger partial charge in [-0.15, -0.1) is 0 Å². The normalized spacial score (nSPS) is 16.2. The molecule has 4 nitrogen and oxygen atoms in total. The van der Waals surface area contributed by atoms with Crippen molar-refractivity contribution in [3.05, 3.63) is 71.2 Å². The predicted molar refractivity (Wildman–Crippen MR) is 81.0 cm³/mol. The summed E-state index contributed by atoms with van der Waals surface area (Å²) in [6, 6.07) is 15.7. The Morgan fingerprint density at radius 2 is 2.09 bits per heavy atom.